The van der Waals surface area contributed by atoms with Gasteiger partial charge in [0.1, 0.15) is 0 Å². The van der Waals surface area contributed by atoms with Crippen LogP contribution in [0.3, 0.4) is 0 Å². The number of nitrogens with one attached hydrogen (secondary N) is 1. The first-order valence-corrected chi connectivity index (χ1v) is 7.18. The van der Waals surface area contributed by atoms with Crippen LogP contribution in [-0.2, 0) is 13.5 Å². The number of halogens is 1. The highest BCUT2D eigenvalue weighted by molar-refractivity contribution is 6.31. The summed E-state index contributed by atoms with van der Waals surface area (Å²) in [7, 11) is 1.93. The van der Waals surface area contributed by atoms with Crippen LogP contribution in [0.4, 0.5) is 0 Å². The molecule has 0 bridgehead atoms. The maximum absolute atomic E-state index is 6.29. The van der Waals surface area contributed by atoms with Crippen LogP contribution in [0.15, 0.2) is 0 Å². The van der Waals surface area contributed by atoms with Gasteiger partial charge in [0.25, 0.3) is 0 Å². The molecule has 1 heterocycles. The van der Waals surface area contributed by atoms with Crippen molar-refractivity contribution in [3.05, 3.63) is 16.4 Å². The molecule has 0 amide bonds. The van der Waals surface area contributed by atoms with E-state index in [4.69, 9.17) is 17.4 Å². The number of nitrogens with two attached hydrogens (primary N) is 1. The molecule has 0 aliphatic heterocycles. The number of rotatable bonds is 5. The topological polar surface area (TPSA) is 55.9 Å². The summed E-state index contributed by atoms with van der Waals surface area (Å²) in [5, 5.41) is 5.10. The van der Waals surface area contributed by atoms with Crippen molar-refractivity contribution in [2.24, 2.45) is 24.2 Å². The monoisotopic (exact) mass is 286 g/mol. The van der Waals surface area contributed by atoms with E-state index in [1.54, 1.807) is 0 Å². The first-order chi connectivity index (χ1) is 8.66. The molecule has 110 valence electrons. The molecule has 0 aliphatic carbocycles. The zero-order valence-corrected chi connectivity index (χ0v) is 13.7. The highest BCUT2D eigenvalue weighted by Gasteiger charge is 2.24. The zero-order valence-electron chi connectivity index (χ0n) is 12.9. The van der Waals surface area contributed by atoms with Crippen molar-refractivity contribution in [2.75, 3.05) is 0 Å². The lowest BCUT2D eigenvalue weighted by atomic mass is 9.78. The van der Waals surface area contributed by atoms with Gasteiger partial charge in [0.05, 0.1) is 16.4 Å². The molecule has 0 fully saturated rings. The van der Waals surface area contributed by atoms with Gasteiger partial charge in [-0.2, -0.15) is 5.10 Å². The molecule has 0 aliphatic rings. The summed E-state index contributed by atoms with van der Waals surface area (Å²) in [5.74, 6) is 6.27. The number of hydrazine groups is 1. The van der Waals surface area contributed by atoms with E-state index in [2.05, 4.69) is 38.2 Å². The lowest BCUT2D eigenvalue weighted by Gasteiger charge is -2.30. The SMILES string of the molecule is Cc1nn(C)c(CC(CC(C)C(C)(C)C)NN)c1Cl. The van der Waals surface area contributed by atoms with Gasteiger partial charge >= 0.3 is 0 Å². The molecule has 2 atom stereocenters. The molecule has 3 N–H and O–H groups in total. The fourth-order valence-electron chi connectivity index (χ4n) is 2.13. The molecule has 0 spiro atoms. The van der Waals surface area contributed by atoms with Gasteiger partial charge in [-0.1, -0.05) is 39.3 Å². The van der Waals surface area contributed by atoms with Gasteiger partial charge in [0.2, 0.25) is 0 Å². The Morgan fingerprint density at radius 3 is 2.37 bits per heavy atom. The smallest absolute Gasteiger partial charge is 0.0847 e. The summed E-state index contributed by atoms with van der Waals surface area (Å²) < 4.78 is 1.85. The first-order valence-electron chi connectivity index (χ1n) is 6.81. The Balaban J connectivity index is 2.77. The van der Waals surface area contributed by atoms with E-state index in [-0.39, 0.29) is 11.5 Å². The van der Waals surface area contributed by atoms with E-state index in [1.807, 2.05) is 18.7 Å². The molecule has 0 radical (unpaired) electrons. The second-order valence-electron chi connectivity index (χ2n) is 6.54. The molecule has 1 rings (SSSR count). The largest absolute Gasteiger partial charge is 0.271 e. The quantitative estimate of drug-likeness (QED) is 0.646. The number of aryl methyl sites for hydroxylation is 2. The number of nitrogens with zero attached hydrogens (tertiary/aromatic N) is 2. The van der Waals surface area contributed by atoms with E-state index in [1.165, 1.54) is 0 Å². The Morgan fingerprint density at radius 1 is 1.42 bits per heavy atom. The van der Waals surface area contributed by atoms with E-state index >= 15 is 0 Å². The Kier molecular flexibility index (Phi) is 5.42. The standard InChI is InChI=1S/C14H27ClN4/c1-9(14(3,4)5)7-11(17-16)8-12-13(15)10(2)18-19(12)6/h9,11,17H,7-8,16H2,1-6H3. The van der Waals surface area contributed by atoms with Gasteiger partial charge in [-0.3, -0.25) is 16.0 Å². The predicted octanol–water partition coefficient (Wildman–Crippen LogP) is 2.83. The van der Waals surface area contributed by atoms with Crippen LogP contribution in [0.5, 0.6) is 0 Å². The summed E-state index contributed by atoms with van der Waals surface area (Å²) >= 11 is 6.29. The van der Waals surface area contributed by atoms with Crippen molar-refractivity contribution >= 4 is 11.6 Å². The molecule has 2 unspecified atom stereocenters. The Bertz CT molecular complexity index is 420. The van der Waals surface area contributed by atoms with Crippen molar-refractivity contribution in [1.29, 1.82) is 0 Å². The van der Waals surface area contributed by atoms with Crippen LogP contribution in [-0.4, -0.2) is 15.8 Å². The fraction of sp³-hybridized carbons (Fsp3) is 0.786. The van der Waals surface area contributed by atoms with Gasteiger partial charge in [-0.05, 0) is 24.7 Å². The second kappa shape index (κ2) is 6.25. The van der Waals surface area contributed by atoms with Crippen LogP contribution >= 0.6 is 11.6 Å². The summed E-state index contributed by atoms with van der Waals surface area (Å²) in [5.41, 5.74) is 5.12. The van der Waals surface area contributed by atoms with Crippen LogP contribution in [0.1, 0.15) is 45.5 Å². The van der Waals surface area contributed by atoms with Gasteiger partial charge in [0.15, 0.2) is 0 Å². The van der Waals surface area contributed by atoms with Crippen molar-refractivity contribution < 1.29 is 0 Å². The summed E-state index contributed by atoms with van der Waals surface area (Å²) in [6.07, 6.45) is 1.81. The minimum Gasteiger partial charge on any atom is -0.271 e. The molecular weight excluding hydrogens is 260 g/mol. The number of hydrogen-bond donors (Lipinski definition) is 2. The van der Waals surface area contributed by atoms with Crippen LogP contribution < -0.4 is 11.3 Å². The summed E-state index contributed by atoms with van der Waals surface area (Å²) in [6.45, 7) is 11.0. The second-order valence-corrected chi connectivity index (χ2v) is 6.92. The molecule has 1 aromatic rings. The number of hydrogen-bond acceptors (Lipinski definition) is 3. The molecule has 0 saturated carbocycles. The molecule has 19 heavy (non-hydrogen) atoms. The Labute approximate surface area is 121 Å². The molecule has 5 heteroatoms. The van der Waals surface area contributed by atoms with Gasteiger partial charge in [-0.25, -0.2) is 0 Å². The maximum Gasteiger partial charge on any atom is 0.0847 e. The lowest BCUT2D eigenvalue weighted by molar-refractivity contribution is 0.221. The molecule has 4 nitrogen and oxygen atoms in total. The predicted molar refractivity (Wildman–Crippen MR) is 81.0 cm³/mol. The fourth-order valence-corrected chi connectivity index (χ4v) is 2.36. The van der Waals surface area contributed by atoms with Gasteiger partial charge in [-0.15, -0.1) is 0 Å². The average molecular weight is 287 g/mol. The average Bonchev–Trinajstić information content (AvgIpc) is 2.53. The van der Waals surface area contributed by atoms with E-state index in [9.17, 15) is 0 Å². The highest BCUT2D eigenvalue weighted by Crippen LogP contribution is 2.30. The van der Waals surface area contributed by atoms with Crippen LogP contribution in [0.2, 0.25) is 5.02 Å². The summed E-state index contributed by atoms with van der Waals surface area (Å²) in [4.78, 5) is 0. The zero-order chi connectivity index (χ0) is 14.8. The normalized spacial score (nSPS) is 15.6. The molecule has 0 aromatic carbocycles. The third-order valence-corrected chi connectivity index (χ3v) is 4.55. The minimum absolute atomic E-state index is 0.210. The van der Waals surface area contributed by atoms with Crippen molar-refractivity contribution in [3.8, 4) is 0 Å². The molecule has 0 saturated heterocycles. The minimum atomic E-state index is 0.210. The third kappa shape index (κ3) is 4.20. The van der Waals surface area contributed by atoms with Gasteiger partial charge in [0, 0.05) is 19.5 Å². The Morgan fingerprint density at radius 2 is 2.00 bits per heavy atom. The van der Waals surface area contributed by atoms with Crippen molar-refractivity contribution in [1.82, 2.24) is 15.2 Å². The van der Waals surface area contributed by atoms with E-state index < -0.39 is 0 Å². The first kappa shape index (κ1) is 16.5. The number of aromatic nitrogens is 2. The van der Waals surface area contributed by atoms with Crippen molar-refractivity contribution in [3.63, 3.8) is 0 Å². The van der Waals surface area contributed by atoms with Crippen LogP contribution in [0.25, 0.3) is 0 Å². The van der Waals surface area contributed by atoms with Gasteiger partial charge < -0.3 is 0 Å². The Hall–Kier alpha value is -0.580. The third-order valence-electron chi connectivity index (χ3n) is 4.05. The highest BCUT2D eigenvalue weighted by atomic mass is 35.5. The molecule has 1 aromatic heterocycles. The van der Waals surface area contributed by atoms with E-state index in [0.29, 0.717) is 5.92 Å². The molecular formula is C14H27ClN4. The van der Waals surface area contributed by atoms with Crippen molar-refractivity contribution in [2.45, 2.75) is 53.5 Å². The lowest BCUT2D eigenvalue weighted by Crippen LogP contribution is -2.40. The van der Waals surface area contributed by atoms with Crippen LogP contribution in [0, 0.1) is 18.3 Å². The maximum atomic E-state index is 6.29. The van der Waals surface area contributed by atoms with E-state index in [0.717, 1.165) is 29.3 Å². The summed E-state index contributed by atoms with van der Waals surface area (Å²) in [6, 6.07) is 0.210.